The Morgan fingerprint density at radius 3 is 2.46 bits per heavy atom. The van der Waals surface area contributed by atoms with Gasteiger partial charge in [0.2, 0.25) is 0 Å². The van der Waals surface area contributed by atoms with Gasteiger partial charge < -0.3 is 25.6 Å². The van der Waals surface area contributed by atoms with E-state index in [0.717, 1.165) is 31.4 Å². The molecule has 7 nitrogen and oxygen atoms in total. The van der Waals surface area contributed by atoms with E-state index in [9.17, 15) is 4.79 Å². The fraction of sp³-hybridized carbons (Fsp3) is 0.889. The van der Waals surface area contributed by atoms with Gasteiger partial charge in [-0.1, -0.05) is 6.92 Å². The molecule has 0 aliphatic carbocycles. The highest BCUT2D eigenvalue weighted by molar-refractivity contribution is 14.0. The van der Waals surface area contributed by atoms with Gasteiger partial charge in [-0.15, -0.1) is 24.0 Å². The first kappa shape index (κ1) is 25.2. The van der Waals surface area contributed by atoms with Crippen molar-refractivity contribution in [3.05, 3.63) is 0 Å². The average Bonchev–Trinajstić information content (AvgIpc) is 2.51. The van der Waals surface area contributed by atoms with Crippen LogP contribution in [0, 0.1) is 5.92 Å². The third-order valence-electron chi connectivity index (χ3n) is 3.99. The van der Waals surface area contributed by atoms with Crippen LogP contribution in [0.15, 0.2) is 4.99 Å². The summed E-state index contributed by atoms with van der Waals surface area (Å²) in [6.45, 7) is 13.4. The van der Waals surface area contributed by atoms with Gasteiger partial charge in [0.1, 0.15) is 5.60 Å². The van der Waals surface area contributed by atoms with Crippen molar-refractivity contribution >= 4 is 36.0 Å². The molecule has 0 aromatic carbocycles. The zero-order valence-electron chi connectivity index (χ0n) is 17.1. The van der Waals surface area contributed by atoms with E-state index in [-0.39, 0.29) is 24.0 Å². The maximum absolute atomic E-state index is 11.5. The van der Waals surface area contributed by atoms with E-state index >= 15 is 0 Å². The number of rotatable bonds is 7. The maximum atomic E-state index is 11.5. The molecule has 1 aliphatic heterocycles. The molecule has 0 radical (unpaired) electrons. The lowest BCUT2D eigenvalue weighted by molar-refractivity contribution is 0.0529. The monoisotopic (exact) mass is 483 g/mol. The first-order valence-electron chi connectivity index (χ1n) is 9.44. The van der Waals surface area contributed by atoms with E-state index in [1.54, 1.807) is 7.05 Å². The summed E-state index contributed by atoms with van der Waals surface area (Å²) in [5.74, 6) is 1.59. The molecule has 1 heterocycles. The molecule has 26 heavy (non-hydrogen) atoms. The smallest absolute Gasteiger partial charge is 0.407 e. The Hall–Kier alpha value is -0.770. The van der Waals surface area contributed by atoms with Gasteiger partial charge in [0.05, 0.1) is 0 Å². The van der Waals surface area contributed by atoms with Crippen LogP contribution in [-0.2, 0) is 4.74 Å². The number of carbonyl (C=O) groups is 1. The van der Waals surface area contributed by atoms with Gasteiger partial charge in [-0.3, -0.25) is 4.99 Å². The van der Waals surface area contributed by atoms with E-state index in [1.165, 1.54) is 25.9 Å². The molecule has 1 rings (SSSR count). The molecule has 1 saturated heterocycles. The zero-order chi connectivity index (χ0) is 18.7. The maximum Gasteiger partial charge on any atom is 0.407 e. The molecule has 1 atom stereocenters. The van der Waals surface area contributed by atoms with Gasteiger partial charge in [0.25, 0.3) is 0 Å². The SMILES string of the molecule is CN=C(NCCCN1CCCC(C)C1)NCCNC(=O)OC(C)(C)C.I. The van der Waals surface area contributed by atoms with Crippen molar-refractivity contribution in [3.8, 4) is 0 Å². The number of piperidine rings is 1. The molecule has 0 spiro atoms. The van der Waals surface area contributed by atoms with Gasteiger partial charge in [-0.25, -0.2) is 4.79 Å². The molecule has 1 aliphatic rings. The molecule has 8 heteroatoms. The molecule has 0 saturated carbocycles. The minimum Gasteiger partial charge on any atom is -0.444 e. The number of aliphatic imine (C=N–C) groups is 1. The molecule has 1 unspecified atom stereocenters. The predicted octanol–water partition coefficient (Wildman–Crippen LogP) is 2.42. The number of ether oxygens (including phenoxy) is 1. The molecule has 1 fully saturated rings. The van der Waals surface area contributed by atoms with Crippen molar-refractivity contribution in [2.75, 3.05) is 46.3 Å². The number of likely N-dealkylation sites (tertiary alicyclic amines) is 1. The highest BCUT2D eigenvalue weighted by Gasteiger charge is 2.16. The van der Waals surface area contributed by atoms with E-state index in [4.69, 9.17) is 4.74 Å². The standard InChI is InChI=1S/C18H37N5O2.HI/c1-15-8-6-12-23(14-15)13-7-9-20-16(19-5)21-10-11-22-17(24)25-18(2,3)4;/h15H,6-14H2,1-5H3,(H,22,24)(H2,19,20,21);1H. The van der Waals surface area contributed by atoms with Crippen molar-refractivity contribution in [3.63, 3.8) is 0 Å². The number of hydrogen-bond donors (Lipinski definition) is 3. The van der Waals surface area contributed by atoms with Crippen LogP contribution in [0.5, 0.6) is 0 Å². The van der Waals surface area contributed by atoms with Crippen molar-refractivity contribution in [2.45, 2.75) is 52.6 Å². The largest absolute Gasteiger partial charge is 0.444 e. The van der Waals surface area contributed by atoms with Gasteiger partial charge >= 0.3 is 6.09 Å². The Morgan fingerprint density at radius 2 is 1.85 bits per heavy atom. The predicted molar refractivity (Wildman–Crippen MR) is 118 cm³/mol. The summed E-state index contributed by atoms with van der Waals surface area (Å²) in [6.07, 6.45) is 3.39. The normalized spacial score (nSPS) is 18.7. The van der Waals surface area contributed by atoms with E-state index < -0.39 is 11.7 Å². The number of guanidine groups is 1. The minimum absolute atomic E-state index is 0. The average molecular weight is 483 g/mol. The number of hydrogen-bond acceptors (Lipinski definition) is 4. The number of alkyl carbamates (subject to hydrolysis) is 1. The second kappa shape index (κ2) is 13.4. The Kier molecular flexibility index (Phi) is 13.0. The number of halogens is 1. The van der Waals surface area contributed by atoms with Crippen LogP contribution in [0.1, 0.15) is 47.0 Å². The lowest BCUT2D eigenvalue weighted by atomic mass is 10.0. The molecule has 0 bridgehead atoms. The Bertz CT molecular complexity index is 426. The van der Waals surface area contributed by atoms with Crippen LogP contribution in [-0.4, -0.2) is 68.9 Å². The van der Waals surface area contributed by atoms with Gasteiger partial charge in [0.15, 0.2) is 5.96 Å². The summed E-state index contributed by atoms with van der Waals surface area (Å²) in [4.78, 5) is 18.3. The topological polar surface area (TPSA) is 78.0 Å². The summed E-state index contributed by atoms with van der Waals surface area (Å²) >= 11 is 0. The summed E-state index contributed by atoms with van der Waals surface area (Å²) < 4.78 is 5.19. The zero-order valence-corrected chi connectivity index (χ0v) is 19.4. The molecule has 1 amide bonds. The van der Waals surface area contributed by atoms with Crippen molar-refractivity contribution in [1.82, 2.24) is 20.9 Å². The van der Waals surface area contributed by atoms with Crippen LogP contribution < -0.4 is 16.0 Å². The summed E-state index contributed by atoms with van der Waals surface area (Å²) in [5, 5.41) is 9.22. The molecule has 0 aromatic heterocycles. The minimum atomic E-state index is -0.471. The first-order chi connectivity index (χ1) is 11.8. The molecular weight excluding hydrogens is 445 g/mol. The number of nitrogens with one attached hydrogen (secondary N) is 3. The van der Waals surface area contributed by atoms with Crippen LogP contribution in [0.4, 0.5) is 4.79 Å². The fourth-order valence-corrected chi connectivity index (χ4v) is 2.88. The number of amides is 1. The Morgan fingerprint density at radius 1 is 1.19 bits per heavy atom. The molecule has 154 valence electrons. The second-order valence-corrected chi connectivity index (χ2v) is 7.76. The fourth-order valence-electron chi connectivity index (χ4n) is 2.88. The second-order valence-electron chi connectivity index (χ2n) is 7.76. The summed E-state index contributed by atoms with van der Waals surface area (Å²) in [5.41, 5.74) is -0.471. The third kappa shape index (κ3) is 12.6. The van der Waals surface area contributed by atoms with E-state index in [1.807, 2.05) is 20.8 Å². The van der Waals surface area contributed by atoms with Gasteiger partial charge in [-0.05, 0) is 59.0 Å². The lowest BCUT2D eigenvalue weighted by Crippen LogP contribution is -2.43. The van der Waals surface area contributed by atoms with Crippen LogP contribution in [0.25, 0.3) is 0 Å². The summed E-state index contributed by atoms with van der Waals surface area (Å²) in [7, 11) is 1.75. The van der Waals surface area contributed by atoms with Crippen LogP contribution >= 0.6 is 24.0 Å². The van der Waals surface area contributed by atoms with Crippen molar-refractivity contribution in [1.29, 1.82) is 0 Å². The third-order valence-corrected chi connectivity index (χ3v) is 3.99. The number of nitrogens with zero attached hydrogens (tertiary/aromatic N) is 2. The van der Waals surface area contributed by atoms with E-state index in [2.05, 4.69) is 32.8 Å². The quantitative estimate of drug-likeness (QED) is 0.225. The first-order valence-corrected chi connectivity index (χ1v) is 9.44. The molecule has 0 aromatic rings. The lowest BCUT2D eigenvalue weighted by Gasteiger charge is -2.30. The van der Waals surface area contributed by atoms with E-state index in [0.29, 0.717) is 13.1 Å². The van der Waals surface area contributed by atoms with Gasteiger partial charge in [-0.2, -0.15) is 0 Å². The van der Waals surface area contributed by atoms with Crippen molar-refractivity contribution < 1.29 is 9.53 Å². The Balaban J connectivity index is 0.00000625. The highest BCUT2D eigenvalue weighted by Crippen LogP contribution is 2.15. The van der Waals surface area contributed by atoms with Crippen LogP contribution in [0.2, 0.25) is 0 Å². The van der Waals surface area contributed by atoms with Crippen molar-refractivity contribution in [2.24, 2.45) is 10.9 Å². The van der Waals surface area contributed by atoms with Gasteiger partial charge in [0, 0.05) is 33.2 Å². The Labute approximate surface area is 176 Å². The van der Waals surface area contributed by atoms with Crippen LogP contribution in [0.3, 0.4) is 0 Å². The highest BCUT2D eigenvalue weighted by atomic mass is 127. The molecular formula is C18H38IN5O2. The number of carbonyl (C=O) groups excluding carboxylic acids is 1. The molecule has 3 N–H and O–H groups in total. The summed E-state index contributed by atoms with van der Waals surface area (Å²) in [6, 6.07) is 0.